The van der Waals surface area contributed by atoms with Gasteiger partial charge in [0.2, 0.25) is 0 Å². The molecule has 414 valence electrons. The number of benzene rings is 10. The van der Waals surface area contributed by atoms with Gasteiger partial charge in [-0.3, -0.25) is 0 Å². The molecule has 0 radical (unpaired) electrons. The van der Waals surface area contributed by atoms with Crippen molar-refractivity contribution in [3.8, 4) is 34.5 Å². The van der Waals surface area contributed by atoms with Crippen molar-refractivity contribution in [3.63, 3.8) is 0 Å². The van der Waals surface area contributed by atoms with Crippen molar-refractivity contribution in [3.05, 3.63) is 235 Å². The molecule has 0 bridgehead atoms. The van der Waals surface area contributed by atoms with E-state index in [0.717, 1.165) is 90.9 Å². The van der Waals surface area contributed by atoms with Crippen LogP contribution < -0.4 is 61.7 Å². The Kier molecular flexibility index (Phi) is 12.2. The monoisotopic (exact) mass is 1100 g/mol. The molecular formula is C76H71B2N3O3. The first-order valence-electron chi connectivity index (χ1n) is 29.8. The highest BCUT2D eigenvalue weighted by Gasteiger charge is 2.48. The van der Waals surface area contributed by atoms with Gasteiger partial charge in [-0.05, 0) is 156 Å². The molecule has 84 heavy (non-hydrogen) atoms. The zero-order valence-corrected chi connectivity index (χ0v) is 50.4. The maximum atomic E-state index is 7.13. The minimum atomic E-state index is -0.175. The second-order valence-electron chi connectivity index (χ2n) is 27.5. The van der Waals surface area contributed by atoms with E-state index < -0.39 is 0 Å². The summed E-state index contributed by atoms with van der Waals surface area (Å²) in [7, 11) is 0. The zero-order chi connectivity index (χ0) is 58.2. The average Bonchev–Trinajstić information content (AvgIpc) is 0.792. The summed E-state index contributed by atoms with van der Waals surface area (Å²) in [6, 6.07) is 78.0. The topological polar surface area (TPSA) is 37.4 Å². The summed E-state index contributed by atoms with van der Waals surface area (Å²) in [5.74, 6) is 4.64. The first-order chi connectivity index (χ1) is 40.2. The van der Waals surface area contributed by atoms with E-state index in [0.29, 0.717) is 5.75 Å². The highest BCUT2D eigenvalue weighted by atomic mass is 16.5. The van der Waals surface area contributed by atoms with Crippen molar-refractivity contribution in [1.29, 1.82) is 0 Å². The van der Waals surface area contributed by atoms with Crippen molar-refractivity contribution in [1.82, 2.24) is 0 Å². The lowest BCUT2D eigenvalue weighted by molar-refractivity contribution is 0.462. The molecule has 0 aliphatic carbocycles. The van der Waals surface area contributed by atoms with Crippen LogP contribution in [-0.4, -0.2) is 13.4 Å². The molecule has 0 saturated heterocycles. The molecule has 0 saturated carbocycles. The van der Waals surface area contributed by atoms with Gasteiger partial charge in [0, 0.05) is 75.5 Å². The highest BCUT2D eigenvalue weighted by molar-refractivity contribution is 7.02. The van der Waals surface area contributed by atoms with Gasteiger partial charge in [0.15, 0.2) is 0 Å². The minimum Gasteiger partial charge on any atom is -0.458 e. The zero-order valence-electron chi connectivity index (χ0n) is 50.4. The Balaban J connectivity index is 1.05. The molecule has 0 amide bonds. The first-order valence-corrected chi connectivity index (χ1v) is 29.8. The van der Waals surface area contributed by atoms with Crippen LogP contribution >= 0.6 is 0 Å². The Bertz CT molecular complexity index is 4210. The number of anilines is 9. The van der Waals surface area contributed by atoms with E-state index in [-0.39, 0.29) is 35.1 Å². The van der Waals surface area contributed by atoms with Crippen molar-refractivity contribution < 1.29 is 14.2 Å². The quantitative estimate of drug-likeness (QED) is 0.148. The fraction of sp³-hybridized carbons (Fsp3) is 0.211. The van der Waals surface area contributed by atoms with Crippen LogP contribution in [0.4, 0.5) is 51.2 Å². The molecule has 0 fully saturated rings. The molecule has 10 aromatic carbocycles. The van der Waals surface area contributed by atoms with Crippen LogP contribution in [0, 0.1) is 0 Å². The SMILES string of the molecule is CC(C)(C)c1ccc(Oc2cc3c4c(c2)N(c2ccc(C(C)(C)C)cc2)c2cc5c(cc2B4c2ccccc2O3)B2c3ccccc3N(c3ccccc3)c3cc(Oc4ccc(C(C)(C)C)cc4)cc(c32)N5c2ccc(C(C)(C)C)cc2)cc1. The molecule has 4 aliphatic heterocycles. The highest BCUT2D eigenvalue weighted by Crippen LogP contribution is 2.50. The van der Waals surface area contributed by atoms with Crippen LogP contribution in [0.25, 0.3) is 0 Å². The summed E-state index contributed by atoms with van der Waals surface area (Å²) in [5.41, 5.74) is 21.8. The number of hydrogen-bond donors (Lipinski definition) is 0. The van der Waals surface area contributed by atoms with Crippen molar-refractivity contribution in [2.45, 2.75) is 105 Å². The third kappa shape index (κ3) is 9.04. The van der Waals surface area contributed by atoms with Gasteiger partial charge in [-0.1, -0.05) is 192 Å². The van der Waals surface area contributed by atoms with Crippen LogP contribution in [0.15, 0.2) is 212 Å². The predicted molar refractivity (Wildman–Crippen MR) is 354 cm³/mol. The van der Waals surface area contributed by atoms with Crippen LogP contribution in [0.1, 0.15) is 105 Å². The number of fused-ring (bicyclic) bond motifs is 8. The third-order valence-electron chi connectivity index (χ3n) is 17.6. The lowest BCUT2D eigenvalue weighted by atomic mass is 9.30. The Hall–Kier alpha value is -8.87. The molecule has 10 aromatic rings. The van der Waals surface area contributed by atoms with E-state index in [1.807, 2.05) is 0 Å². The van der Waals surface area contributed by atoms with Crippen LogP contribution in [0.2, 0.25) is 0 Å². The Morgan fingerprint density at radius 1 is 0.286 bits per heavy atom. The van der Waals surface area contributed by atoms with E-state index in [1.54, 1.807) is 0 Å². The number of ether oxygens (including phenoxy) is 3. The van der Waals surface area contributed by atoms with Crippen molar-refractivity contribution in [2.75, 3.05) is 14.7 Å². The first kappa shape index (κ1) is 53.2. The molecule has 14 rings (SSSR count). The Morgan fingerprint density at radius 3 is 1.15 bits per heavy atom. The lowest BCUT2D eigenvalue weighted by Gasteiger charge is -2.46. The molecule has 0 spiro atoms. The molecule has 0 N–H and O–H groups in total. The number of nitrogens with zero attached hydrogens (tertiary/aromatic N) is 3. The summed E-state index contributed by atoms with van der Waals surface area (Å²) in [6.07, 6.45) is 0. The number of rotatable bonds is 7. The van der Waals surface area contributed by atoms with Crippen molar-refractivity contribution in [2.24, 2.45) is 0 Å². The molecular weight excluding hydrogens is 1020 g/mol. The molecule has 6 nitrogen and oxygen atoms in total. The van der Waals surface area contributed by atoms with E-state index >= 15 is 0 Å². The van der Waals surface area contributed by atoms with Crippen LogP contribution in [-0.2, 0) is 21.7 Å². The van der Waals surface area contributed by atoms with Gasteiger partial charge in [-0.15, -0.1) is 0 Å². The minimum absolute atomic E-state index is 0.00168. The third-order valence-corrected chi connectivity index (χ3v) is 17.6. The maximum Gasteiger partial charge on any atom is 0.256 e. The summed E-state index contributed by atoms with van der Waals surface area (Å²) in [5, 5.41) is 0. The largest absolute Gasteiger partial charge is 0.458 e. The fourth-order valence-corrected chi connectivity index (χ4v) is 13.2. The fourth-order valence-electron chi connectivity index (χ4n) is 13.2. The normalized spacial score (nSPS) is 13.9. The molecule has 4 heterocycles. The van der Waals surface area contributed by atoms with Crippen molar-refractivity contribution >= 4 is 97.4 Å². The van der Waals surface area contributed by atoms with Gasteiger partial charge in [0.25, 0.3) is 13.4 Å². The second-order valence-corrected chi connectivity index (χ2v) is 27.5. The molecule has 0 unspecified atom stereocenters. The molecule has 8 heteroatoms. The smallest absolute Gasteiger partial charge is 0.256 e. The Labute approximate surface area is 497 Å². The lowest BCUT2D eigenvalue weighted by Crippen LogP contribution is -2.64. The average molecular weight is 1100 g/mol. The summed E-state index contributed by atoms with van der Waals surface area (Å²) < 4.78 is 21.2. The van der Waals surface area contributed by atoms with E-state index in [1.165, 1.54) is 44.1 Å². The van der Waals surface area contributed by atoms with Gasteiger partial charge in [0.1, 0.15) is 34.5 Å². The number of para-hydroxylation sites is 3. The molecule has 0 atom stereocenters. The molecule has 4 aliphatic rings. The van der Waals surface area contributed by atoms with Gasteiger partial charge < -0.3 is 28.9 Å². The van der Waals surface area contributed by atoms with Gasteiger partial charge in [-0.25, -0.2) is 0 Å². The van der Waals surface area contributed by atoms with E-state index in [4.69, 9.17) is 14.2 Å². The summed E-state index contributed by atoms with van der Waals surface area (Å²) in [6.45, 7) is 26.8. The van der Waals surface area contributed by atoms with E-state index in [2.05, 4.69) is 310 Å². The second kappa shape index (κ2) is 19.4. The van der Waals surface area contributed by atoms with Crippen LogP contribution in [0.5, 0.6) is 34.5 Å². The number of hydrogen-bond acceptors (Lipinski definition) is 6. The van der Waals surface area contributed by atoms with Crippen LogP contribution in [0.3, 0.4) is 0 Å². The summed E-state index contributed by atoms with van der Waals surface area (Å²) in [4.78, 5) is 7.44. The predicted octanol–water partition coefficient (Wildman–Crippen LogP) is 16.9. The summed E-state index contributed by atoms with van der Waals surface area (Å²) >= 11 is 0. The van der Waals surface area contributed by atoms with Gasteiger partial charge in [-0.2, -0.15) is 0 Å². The van der Waals surface area contributed by atoms with Gasteiger partial charge in [0.05, 0.1) is 0 Å². The molecule has 0 aromatic heterocycles. The standard InChI is InChI=1S/C76H71B2N3O3/c1-73(2,3)48-26-34-53(35-27-48)80-64-47-65-62(46-61(64)77-59-22-16-18-24-63(59)79(52-20-14-13-15-21-52)66-42-57(43-67(80)71(66)77)82-55-38-30-50(31-39-55)75(7,8)9)78-60-23-17-19-25-69(60)84-70-45-58(83-56-40-32-51(33-41-56)76(10,11)12)44-68(72(70)78)81(65)54-36-28-49(29-37-54)74(4,5)6/h13-47H,1-12H3. The maximum absolute atomic E-state index is 7.13. The van der Waals surface area contributed by atoms with E-state index in [9.17, 15) is 0 Å². The Morgan fingerprint density at radius 2 is 0.667 bits per heavy atom. The van der Waals surface area contributed by atoms with Gasteiger partial charge >= 0.3 is 0 Å².